The molecule has 4 nitrogen and oxygen atoms in total. The summed E-state index contributed by atoms with van der Waals surface area (Å²) in [7, 11) is 0. The molecule has 0 aliphatic rings. The van der Waals surface area contributed by atoms with Gasteiger partial charge in [0, 0.05) is 16.4 Å². The Bertz CT molecular complexity index is 630. The molecule has 0 aliphatic heterocycles. The summed E-state index contributed by atoms with van der Waals surface area (Å²) in [6.07, 6.45) is 0. The summed E-state index contributed by atoms with van der Waals surface area (Å²) in [6, 6.07) is 4.14. The fraction of sp³-hybridized carbons (Fsp3) is 0.231. The number of nitrogens with two attached hydrogens (primary N) is 1. The van der Waals surface area contributed by atoms with E-state index in [2.05, 4.69) is 26.2 Å². The molecule has 1 heterocycles. The Kier molecular flexibility index (Phi) is 4.85. The molecule has 0 saturated heterocycles. The minimum absolute atomic E-state index is 0.195. The van der Waals surface area contributed by atoms with Crippen molar-refractivity contribution < 1.29 is 9.18 Å². The van der Waals surface area contributed by atoms with Gasteiger partial charge in [-0.1, -0.05) is 15.9 Å². The Morgan fingerprint density at radius 1 is 1.60 bits per heavy atom. The van der Waals surface area contributed by atoms with Gasteiger partial charge in [0.25, 0.3) is 5.91 Å². The average Bonchev–Trinajstić information content (AvgIpc) is 2.89. The topological polar surface area (TPSA) is 68.0 Å². The summed E-state index contributed by atoms with van der Waals surface area (Å²) < 4.78 is 13.9. The van der Waals surface area contributed by atoms with Gasteiger partial charge in [0.1, 0.15) is 16.5 Å². The van der Waals surface area contributed by atoms with Gasteiger partial charge in [0.15, 0.2) is 0 Å². The molecule has 0 fully saturated rings. The largest absolute Gasteiger partial charge is 0.347 e. The van der Waals surface area contributed by atoms with E-state index in [1.165, 1.54) is 23.5 Å². The Morgan fingerprint density at radius 3 is 3.00 bits per heavy atom. The van der Waals surface area contributed by atoms with Crippen molar-refractivity contribution in [1.82, 2.24) is 10.3 Å². The first-order valence-corrected chi connectivity index (χ1v) is 7.57. The number of carbonyl (C=O) groups excluding carboxylic acids is 1. The molecule has 1 amide bonds. The third-order valence-electron chi connectivity index (χ3n) is 2.59. The van der Waals surface area contributed by atoms with Gasteiger partial charge in [0.05, 0.1) is 6.04 Å². The van der Waals surface area contributed by atoms with Gasteiger partial charge in [-0.2, -0.15) is 0 Å². The van der Waals surface area contributed by atoms with Crippen LogP contribution in [0, 0.1) is 5.82 Å². The SMILES string of the molecule is CC(N)c1nc(C(=O)NCc2cc(F)ccc2Br)cs1. The lowest BCUT2D eigenvalue weighted by Gasteiger charge is -2.06. The molecule has 1 unspecified atom stereocenters. The summed E-state index contributed by atoms with van der Waals surface area (Å²) in [5.74, 6) is -0.644. The van der Waals surface area contributed by atoms with Gasteiger partial charge in [-0.3, -0.25) is 4.79 Å². The summed E-state index contributed by atoms with van der Waals surface area (Å²) in [5.41, 5.74) is 6.69. The normalized spacial score (nSPS) is 12.2. The molecule has 0 spiro atoms. The van der Waals surface area contributed by atoms with Gasteiger partial charge < -0.3 is 11.1 Å². The second-order valence-corrected chi connectivity index (χ2v) is 6.02. The molecule has 2 aromatic rings. The van der Waals surface area contributed by atoms with E-state index in [9.17, 15) is 9.18 Å². The van der Waals surface area contributed by atoms with Crippen molar-refractivity contribution in [3.05, 3.63) is 50.1 Å². The zero-order valence-corrected chi connectivity index (χ0v) is 13.1. The zero-order chi connectivity index (χ0) is 14.7. The van der Waals surface area contributed by atoms with Gasteiger partial charge in [-0.15, -0.1) is 11.3 Å². The monoisotopic (exact) mass is 357 g/mol. The van der Waals surface area contributed by atoms with Crippen LogP contribution in [0.5, 0.6) is 0 Å². The highest BCUT2D eigenvalue weighted by atomic mass is 79.9. The predicted molar refractivity (Wildman–Crippen MR) is 80.0 cm³/mol. The molecule has 0 saturated carbocycles. The van der Waals surface area contributed by atoms with Crippen LogP contribution in [0.15, 0.2) is 28.1 Å². The Hall–Kier alpha value is -1.31. The summed E-state index contributed by atoms with van der Waals surface area (Å²) in [6.45, 7) is 2.03. The van der Waals surface area contributed by atoms with E-state index in [0.29, 0.717) is 16.3 Å². The highest BCUT2D eigenvalue weighted by Crippen LogP contribution is 2.18. The van der Waals surface area contributed by atoms with Crippen LogP contribution in [0.2, 0.25) is 0 Å². The third kappa shape index (κ3) is 3.62. The molecule has 2 rings (SSSR count). The quantitative estimate of drug-likeness (QED) is 0.883. The summed E-state index contributed by atoms with van der Waals surface area (Å²) in [5, 5.41) is 5.07. The van der Waals surface area contributed by atoms with Crippen molar-refractivity contribution in [2.75, 3.05) is 0 Å². The fourth-order valence-corrected chi connectivity index (χ4v) is 2.69. The fourth-order valence-electron chi connectivity index (χ4n) is 1.55. The van der Waals surface area contributed by atoms with E-state index < -0.39 is 0 Å². The number of hydrogen-bond donors (Lipinski definition) is 2. The summed E-state index contributed by atoms with van der Waals surface area (Å²) in [4.78, 5) is 16.1. The van der Waals surface area contributed by atoms with Crippen LogP contribution in [0.1, 0.15) is 34.0 Å². The van der Waals surface area contributed by atoms with E-state index in [1.807, 2.05) is 6.92 Å². The number of benzene rings is 1. The molecular weight excluding hydrogens is 345 g/mol. The summed E-state index contributed by atoms with van der Waals surface area (Å²) >= 11 is 4.66. The number of nitrogens with zero attached hydrogens (tertiary/aromatic N) is 1. The lowest BCUT2D eigenvalue weighted by molar-refractivity contribution is 0.0946. The molecule has 1 aromatic heterocycles. The number of rotatable bonds is 4. The standard InChI is InChI=1S/C13H13BrFN3OS/c1-7(16)13-18-11(6-20-13)12(19)17-5-8-4-9(15)2-3-10(8)14/h2-4,6-7H,5,16H2,1H3,(H,17,19). The van der Waals surface area contributed by atoms with E-state index in [1.54, 1.807) is 11.4 Å². The first-order valence-electron chi connectivity index (χ1n) is 5.90. The molecule has 0 radical (unpaired) electrons. The van der Waals surface area contributed by atoms with Gasteiger partial charge in [0.2, 0.25) is 0 Å². The molecular formula is C13H13BrFN3OS. The van der Waals surface area contributed by atoms with Crippen LogP contribution in [0.3, 0.4) is 0 Å². The van der Waals surface area contributed by atoms with Crippen molar-refractivity contribution in [3.8, 4) is 0 Å². The third-order valence-corrected chi connectivity index (χ3v) is 4.41. The van der Waals surface area contributed by atoms with Crippen LogP contribution < -0.4 is 11.1 Å². The Morgan fingerprint density at radius 2 is 2.35 bits per heavy atom. The highest BCUT2D eigenvalue weighted by molar-refractivity contribution is 9.10. The average molecular weight is 358 g/mol. The van der Waals surface area contributed by atoms with Crippen LogP contribution in [0.4, 0.5) is 4.39 Å². The van der Waals surface area contributed by atoms with Crippen LogP contribution in [0.25, 0.3) is 0 Å². The first-order chi connectivity index (χ1) is 9.47. The number of amides is 1. The predicted octanol–water partition coefficient (Wildman–Crippen LogP) is 2.99. The minimum Gasteiger partial charge on any atom is -0.347 e. The number of aromatic nitrogens is 1. The maximum atomic E-state index is 13.1. The maximum Gasteiger partial charge on any atom is 0.271 e. The molecule has 7 heteroatoms. The number of carbonyl (C=O) groups is 1. The van der Waals surface area contributed by atoms with Crippen molar-refractivity contribution >= 4 is 33.2 Å². The van der Waals surface area contributed by atoms with Crippen LogP contribution in [-0.4, -0.2) is 10.9 Å². The van der Waals surface area contributed by atoms with Gasteiger partial charge in [-0.25, -0.2) is 9.37 Å². The first kappa shape index (κ1) is 15.1. The minimum atomic E-state index is -0.342. The second-order valence-electron chi connectivity index (χ2n) is 4.28. The maximum absolute atomic E-state index is 13.1. The number of thiazole rings is 1. The van der Waals surface area contributed by atoms with E-state index in [-0.39, 0.29) is 24.3 Å². The molecule has 0 aliphatic carbocycles. The second kappa shape index (κ2) is 6.43. The van der Waals surface area contributed by atoms with Gasteiger partial charge >= 0.3 is 0 Å². The molecule has 1 aromatic carbocycles. The van der Waals surface area contributed by atoms with Crippen LogP contribution in [-0.2, 0) is 6.54 Å². The number of halogens is 2. The molecule has 106 valence electrons. The van der Waals surface area contributed by atoms with E-state index in [4.69, 9.17) is 5.73 Å². The van der Waals surface area contributed by atoms with E-state index >= 15 is 0 Å². The number of nitrogens with one attached hydrogen (secondary N) is 1. The van der Waals surface area contributed by atoms with Crippen molar-refractivity contribution in [2.45, 2.75) is 19.5 Å². The van der Waals surface area contributed by atoms with Crippen molar-refractivity contribution in [2.24, 2.45) is 5.73 Å². The Balaban J connectivity index is 2.02. The Labute approximate surface area is 128 Å². The van der Waals surface area contributed by atoms with Crippen LogP contribution >= 0.6 is 27.3 Å². The number of hydrogen-bond acceptors (Lipinski definition) is 4. The lowest BCUT2D eigenvalue weighted by atomic mass is 10.2. The van der Waals surface area contributed by atoms with E-state index in [0.717, 1.165) is 4.47 Å². The molecule has 3 N–H and O–H groups in total. The highest BCUT2D eigenvalue weighted by Gasteiger charge is 2.13. The van der Waals surface area contributed by atoms with Gasteiger partial charge in [-0.05, 0) is 30.7 Å². The van der Waals surface area contributed by atoms with Crippen molar-refractivity contribution in [1.29, 1.82) is 0 Å². The lowest BCUT2D eigenvalue weighted by Crippen LogP contribution is -2.23. The van der Waals surface area contributed by atoms with Crippen molar-refractivity contribution in [3.63, 3.8) is 0 Å². The smallest absolute Gasteiger partial charge is 0.271 e. The zero-order valence-electron chi connectivity index (χ0n) is 10.7. The molecule has 1 atom stereocenters. The molecule has 20 heavy (non-hydrogen) atoms. The molecule has 0 bridgehead atoms.